The summed E-state index contributed by atoms with van der Waals surface area (Å²) in [5.41, 5.74) is 7.96. The molecule has 1 aromatic heterocycles. The van der Waals surface area contributed by atoms with Crippen molar-refractivity contribution in [2.75, 3.05) is 6.54 Å². The second-order valence-electron chi connectivity index (χ2n) is 2.05. The molecule has 0 aromatic carbocycles. The SMILES string of the molecule is [N-]=[N+]=NCC#Cc1nc[nH]c1[N+](=O)[O-]. The summed E-state index contributed by atoms with van der Waals surface area (Å²) in [6, 6.07) is 0. The minimum absolute atomic E-state index is 0.0307. The number of nitrogens with zero attached hydrogens (tertiary/aromatic N) is 5. The Morgan fingerprint density at radius 2 is 2.64 bits per heavy atom. The molecule has 14 heavy (non-hydrogen) atoms. The maximum Gasteiger partial charge on any atom is 0.356 e. The molecule has 0 aliphatic heterocycles. The van der Waals surface area contributed by atoms with E-state index in [2.05, 4.69) is 31.8 Å². The van der Waals surface area contributed by atoms with Gasteiger partial charge in [-0.2, -0.15) is 4.98 Å². The van der Waals surface area contributed by atoms with E-state index in [1.165, 1.54) is 6.33 Å². The number of aromatic nitrogens is 2. The van der Waals surface area contributed by atoms with Crippen LogP contribution >= 0.6 is 0 Å². The van der Waals surface area contributed by atoms with Gasteiger partial charge in [-0.25, -0.2) is 4.98 Å². The molecule has 1 rings (SSSR count). The number of hydrogen-bond donors (Lipinski definition) is 1. The summed E-state index contributed by atoms with van der Waals surface area (Å²) in [5, 5.41) is 13.5. The van der Waals surface area contributed by atoms with E-state index in [0.717, 1.165) is 0 Å². The van der Waals surface area contributed by atoms with Crippen LogP contribution in [0.4, 0.5) is 5.82 Å². The van der Waals surface area contributed by atoms with E-state index < -0.39 is 4.92 Å². The second-order valence-corrected chi connectivity index (χ2v) is 2.05. The quantitative estimate of drug-likeness (QED) is 0.187. The fraction of sp³-hybridized carbons (Fsp3) is 0.167. The zero-order valence-corrected chi connectivity index (χ0v) is 6.84. The van der Waals surface area contributed by atoms with Crippen LogP contribution in [0, 0.1) is 22.0 Å². The molecule has 0 fully saturated rings. The van der Waals surface area contributed by atoms with Crippen LogP contribution in [0.25, 0.3) is 10.4 Å². The van der Waals surface area contributed by atoms with Gasteiger partial charge in [0.05, 0.1) is 6.54 Å². The maximum atomic E-state index is 10.4. The number of azide groups is 1. The van der Waals surface area contributed by atoms with E-state index in [9.17, 15) is 10.1 Å². The molecule has 70 valence electrons. The van der Waals surface area contributed by atoms with Gasteiger partial charge in [-0.3, -0.25) is 0 Å². The van der Waals surface area contributed by atoms with Gasteiger partial charge >= 0.3 is 5.82 Å². The van der Waals surface area contributed by atoms with Gasteiger partial charge in [0.15, 0.2) is 6.33 Å². The monoisotopic (exact) mass is 192 g/mol. The molecule has 1 N–H and O–H groups in total. The largest absolute Gasteiger partial charge is 0.358 e. The Kier molecular flexibility index (Phi) is 3.07. The summed E-state index contributed by atoms with van der Waals surface area (Å²) in [6.45, 7) is -0.0412. The molecule has 0 amide bonds. The molecule has 0 aliphatic rings. The molecular weight excluding hydrogens is 188 g/mol. The number of aromatic amines is 1. The lowest BCUT2D eigenvalue weighted by molar-refractivity contribution is -0.389. The van der Waals surface area contributed by atoms with Crippen molar-refractivity contribution < 1.29 is 4.92 Å². The summed E-state index contributed by atoms with van der Waals surface area (Å²) >= 11 is 0. The highest BCUT2D eigenvalue weighted by Crippen LogP contribution is 2.09. The third-order valence-electron chi connectivity index (χ3n) is 1.22. The zero-order chi connectivity index (χ0) is 10.4. The number of H-pyrrole nitrogens is 1. The smallest absolute Gasteiger partial charge is 0.356 e. The van der Waals surface area contributed by atoms with Crippen molar-refractivity contribution in [2.24, 2.45) is 5.11 Å². The molecule has 0 unspecified atom stereocenters. The van der Waals surface area contributed by atoms with Crippen molar-refractivity contribution in [3.8, 4) is 11.8 Å². The van der Waals surface area contributed by atoms with Gasteiger partial charge in [0.2, 0.25) is 5.69 Å². The van der Waals surface area contributed by atoms with Crippen LogP contribution in [-0.2, 0) is 0 Å². The third-order valence-corrected chi connectivity index (χ3v) is 1.22. The summed E-state index contributed by atoms with van der Waals surface area (Å²) < 4.78 is 0. The molecule has 8 heteroatoms. The zero-order valence-electron chi connectivity index (χ0n) is 6.84. The molecule has 0 spiro atoms. The Bertz CT molecular complexity index is 446. The lowest BCUT2D eigenvalue weighted by Gasteiger charge is -1.87. The predicted octanol–water partition coefficient (Wildman–Crippen LogP) is 0.980. The molecule has 0 radical (unpaired) electrons. The number of nitro groups is 1. The molecule has 0 bridgehead atoms. The van der Waals surface area contributed by atoms with Crippen molar-refractivity contribution in [3.63, 3.8) is 0 Å². The van der Waals surface area contributed by atoms with Crippen LogP contribution in [0.5, 0.6) is 0 Å². The van der Waals surface area contributed by atoms with Crippen molar-refractivity contribution in [2.45, 2.75) is 0 Å². The van der Waals surface area contributed by atoms with E-state index >= 15 is 0 Å². The van der Waals surface area contributed by atoms with E-state index in [4.69, 9.17) is 5.53 Å². The summed E-state index contributed by atoms with van der Waals surface area (Å²) in [7, 11) is 0. The highest BCUT2D eigenvalue weighted by atomic mass is 16.6. The fourth-order valence-electron chi connectivity index (χ4n) is 0.708. The molecule has 8 nitrogen and oxygen atoms in total. The van der Waals surface area contributed by atoms with Gasteiger partial charge in [-0.1, -0.05) is 11.0 Å². The van der Waals surface area contributed by atoms with Crippen molar-refractivity contribution in [1.29, 1.82) is 0 Å². The Labute approximate surface area is 77.7 Å². The molecule has 0 atom stereocenters. The number of rotatable bonds is 2. The van der Waals surface area contributed by atoms with Crippen LogP contribution in [0.1, 0.15) is 5.69 Å². The van der Waals surface area contributed by atoms with Crippen LogP contribution < -0.4 is 0 Å². The highest BCUT2D eigenvalue weighted by Gasteiger charge is 2.11. The molecule has 0 aliphatic carbocycles. The molecular formula is C6H4N6O2. The van der Waals surface area contributed by atoms with Crippen LogP contribution in [-0.4, -0.2) is 21.4 Å². The van der Waals surface area contributed by atoms with Gasteiger partial charge in [-0.05, 0) is 16.4 Å². The lowest BCUT2D eigenvalue weighted by Crippen LogP contribution is -1.90. The second kappa shape index (κ2) is 4.49. The third kappa shape index (κ3) is 2.23. The van der Waals surface area contributed by atoms with Gasteiger partial charge in [0, 0.05) is 4.91 Å². The van der Waals surface area contributed by atoms with Crippen LogP contribution in [0.2, 0.25) is 0 Å². The van der Waals surface area contributed by atoms with E-state index in [-0.39, 0.29) is 18.1 Å². The first-order valence-corrected chi connectivity index (χ1v) is 3.43. The Morgan fingerprint density at radius 1 is 1.86 bits per heavy atom. The topological polar surface area (TPSA) is 121 Å². The first-order chi connectivity index (χ1) is 6.75. The van der Waals surface area contributed by atoms with E-state index in [1.807, 2.05) is 0 Å². The minimum atomic E-state index is -0.620. The maximum absolute atomic E-state index is 10.4. The Hall–Kier alpha value is -2.52. The predicted molar refractivity (Wildman–Crippen MR) is 46.1 cm³/mol. The van der Waals surface area contributed by atoms with Gasteiger partial charge in [0.1, 0.15) is 0 Å². The lowest BCUT2D eigenvalue weighted by atomic mass is 10.4. The number of imidazole rings is 1. The normalized spacial score (nSPS) is 8.29. The van der Waals surface area contributed by atoms with Crippen LogP contribution in [0.15, 0.2) is 11.4 Å². The standard InChI is InChI=1S/C6H4N6O2/c7-11-10-3-1-2-5-6(12(13)14)9-4-8-5/h4H,3H2,(H,8,9). The minimum Gasteiger partial charge on any atom is -0.358 e. The number of hydrogen-bond acceptors (Lipinski definition) is 4. The fourth-order valence-corrected chi connectivity index (χ4v) is 0.708. The van der Waals surface area contributed by atoms with Gasteiger partial charge in [0.25, 0.3) is 0 Å². The van der Waals surface area contributed by atoms with E-state index in [1.54, 1.807) is 0 Å². The average Bonchev–Trinajstić information content (AvgIpc) is 2.60. The Balaban J connectivity index is 2.84. The summed E-state index contributed by atoms with van der Waals surface area (Å²) in [4.78, 5) is 18.2. The van der Waals surface area contributed by atoms with Gasteiger partial charge < -0.3 is 10.1 Å². The van der Waals surface area contributed by atoms with Gasteiger partial charge in [-0.15, -0.1) is 0 Å². The van der Waals surface area contributed by atoms with Crippen molar-refractivity contribution >= 4 is 5.82 Å². The first kappa shape index (κ1) is 9.57. The summed E-state index contributed by atoms with van der Waals surface area (Å²) in [5.74, 6) is 4.57. The highest BCUT2D eigenvalue weighted by molar-refractivity contribution is 5.40. The molecule has 0 saturated heterocycles. The molecule has 1 aromatic rings. The Morgan fingerprint density at radius 3 is 3.29 bits per heavy atom. The molecule has 0 saturated carbocycles. The number of nitrogens with one attached hydrogen (secondary N) is 1. The van der Waals surface area contributed by atoms with Crippen molar-refractivity contribution in [1.82, 2.24) is 9.97 Å². The molecule has 1 heterocycles. The van der Waals surface area contributed by atoms with E-state index in [0.29, 0.717) is 0 Å². The summed E-state index contributed by atoms with van der Waals surface area (Å²) in [6.07, 6.45) is 1.18. The van der Waals surface area contributed by atoms with Crippen molar-refractivity contribution in [3.05, 3.63) is 32.6 Å². The average molecular weight is 192 g/mol. The van der Waals surface area contributed by atoms with Crippen LogP contribution in [0.3, 0.4) is 0 Å². The first-order valence-electron chi connectivity index (χ1n) is 3.43.